The third-order valence-electron chi connectivity index (χ3n) is 2.72. The summed E-state index contributed by atoms with van der Waals surface area (Å²) in [7, 11) is 0. The summed E-state index contributed by atoms with van der Waals surface area (Å²) in [5.74, 6) is 0. The Hall–Kier alpha value is -1.72. The molecule has 0 saturated carbocycles. The van der Waals surface area contributed by atoms with Crippen LogP contribution in [0.2, 0.25) is 0 Å². The second-order valence-electron chi connectivity index (χ2n) is 4.04. The molecule has 1 nitrogen and oxygen atoms in total. The fourth-order valence-electron chi connectivity index (χ4n) is 1.74. The summed E-state index contributed by atoms with van der Waals surface area (Å²) < 4.78 is 0. The van der Waals surface area contributed by atoms with Crippen LogP contribution in [0.15, 0.2) is 47.4 Å². The molecule has 0 aliphatic heterocycles. The van der Waals surface area contributed by atoms with E-state index in [4.69, 9.17) is 5.26 Å². The minimum Gasteiger partial charge on any atom is -0.185 e. The highest BCUT2D eigenvalue weighted by atomic mass is 32.2. The van der Waals surface area contributed by atoms with Crippen LogP contribution in [0.1, 0.15) is 11.1 Å². The Morgan fingerprint density at radius 1 is 0.941 bits per heavy atom. The van der Waals surface area contributed by atoms with Crippen LogP contribution >= 0.6 is 11.8 Å². The Morgan fingerprint density at radius 3 is 2.18 bits per heavy atom. The van der Waals surface area contributed by atoms with Gasteiger partial charge in [0.1, 0.15) is 5.40 Å². The van der Waals surface area contributed by atoms with Gasteiger partial charge in [-0.15, -0.1) is 0 Å². The maximum Gasteiger partial charge on any atom is 0.138 e. The van der Waals surface area contributed by atoms with E-state index in [0.717, 1.165) is 10.5 Å². The molecule has 0 atom stereocenters. The van der Waals surface area contributed by atoms with Gasteiger partial charge >= 0.3 is 0 Å². The molecule has 0 radical (unpaired) electrons. The molecule has 0 N–H and O–H groups in total. The number of thiocyanates is 1. The maximum atomic E-state index is 8.67. The highest BCUT2D eigenvalue weighted by Crippen LogP contribution is 2.27. The third kappa shape index (κ3) is 2.69. The molecule has 2 rings (SSSR count). The number of thioether (sulfide) groups is 1. The van der Waals surface area contributed by atoms with Gasteiger partial charge in [-0.1, -0.05) is 42.0 Å². The lowest BCUT2D eigenvalue weighted by Crippen LogP contribution is -1.83. The van der Waals surface area contributed by atoms with Gasteiger partial charge in [0.15, 0.2) is 0 Å². The van der Waals surface area contributed by atoms with Gasteiger partial charge in [0.2, 0.25) is 0 Å². The van der Waals surface area contributed by atoms with Crippen molar-refractivity contribution in [2.75, 3.05) is 0 Å². The van der Waals surface area contributed by atoms with Gasteiger partial charge in [-0.25, -0.2) is 0 Å². The smallest absolute Gasteiger partial charge is 0.138 e. The molecule has 0 aromatic heterocycles. The second-order valence-corrected chi connectivity index (χ2v) is 4.87. The van der Waals surface area contributed by atoms with E-state index in [2.05, 4.69) is 48.7 Å². The monoisotopic (exact) mass is 239 g/mol. The Kier molecular flexibility index (Phi) is 3.51. The Labute approximate surface area is 106 Å². The number of nitrogens with zero attached hydrogens (tertiary/aromatic N) is 1. The van der Waals surface area contributed by atoms with Crippen molar-refractivity contribution in [1.82, 2.24) is 0 Å². The quantitative estimate of drug-likeness (QED) is 0.567. The van der Waals surface area contributed by atoms with Crippen LogP contribution in [0.4, 0.5) is 0 Å². The normalized spacial score (nSPS) is 9.94. The number of nitriles is 1. The van der Waals surface area contributed by atoms with Crippen LogP contribution in [0.3, 0.4) is 0 Å². The first-order chi connectivity index (χ1) is 8.20. The lowest BCUT2D eigenvalue weighted by molar-refractivity contribution is 1.31. The molecule has 2 heteroatoms. The first-order valence-corrected chi connectivity index (χ1v) is 6.26. The molecule has 0 spiro atoms. The van der Waals surface area contributed by atoms with E-state index in [-0.39, 0.29) is 0 Å². The van der Waals surface area contributed by atoms with Crippen LogP contribution in [-0.4, -0.2) is 0 Å². The number of benzene rings is 2. The van der Waals surface area contributed by atoms with Gasteiger partial charge < -0.3 is 0 Å². The SMILES string of the molecule is Cc1ccc(-c2ccc(SC#N)c(C)c2)cc1. The summed E-state index contributed by atoms with van der Waals surface area (Å²) in [6, 6.07) is 14.7. The van der Waals surface area contributed by atoms with Crippen LogP contribution in [0, 0.1) is 24.5 Å². The standard InChI is InChI=1S/C15H13NS/c1-11-3-5-13(6-4-11)14-7-8-15(17-10-16)12(2)9-14/h3-9H,1-2H3. The molecule has 17 heavy (non-hydrogen) atoms. The Balaban J connectivity index is 2.38. The highest BCUT2D eigenvalue weighted by molar-refractivity contribution is 8.03. The molecule has 84 valence electrons. The van der Waals surface area contributed by atoms with Crippen molar-refractivity contribution in [3.05, 3.63) is 53.6 Å². The van der Waals surface area contributed by atoms with Crippen LogP contribution < -0.4 is 0 Å². The predicted molar refractivity (Wildman–Crippen MR) is 72.8 cm³/mol. The van der Waals surface area contributed by atoms with Crippen LogP contribution in [0.25, 0.3) is 11.1 Å². The van der Waals surface area contributed by atoms with Crippen molar-refractivity contribution >= 4 is 11.8 Å². The van der Waals surface area contributed by atoms with Crippen molar-refractivity contribution in [3.63, 3.8) is 0 Å². The largest absolute Gasteiger partial charge is 0.185 e. The average Bonchev–Trinajstić information content (AvgIpc) is 2.33. The maximum absolute atomic E-state index is 8.67. The van der Waals surface area contributed by atoms with Crippen molar-refractivity contribution < 1.29 is 0 Å². The molecule has 2 aromatic rings. The summed E-state index contributed by atoms with van der Waals surface area (Å²) in [5, 5.41) is 10.8. The lowest BCUT2D eigenvalue weighted by Gasteiger charge is -2.06. The number of rotatable bonds is 2. The fourth-order valence-corrected chi connectivity index (χ4v) is 2.19. The lowest BCUT2D eigenvalue weighted by atomic mass is 10.0. The molecule has 2 aromatic carbocycles. The third-order valence-corrected chi connectivity index (χ3v) is 3.48. The van der Waals surface area contributed by atoms with Crippen LogP contribution in [0.5, 0.6) is 0 Å². The molecule has 0 unspecified atom stereocenters. The van der Waals surface area contributed by atoms with Gasteiger partial charge in [-0.05, 0) is 48.4 Å². The molecule has 0 aliphatic rings. The number of hydrogen-bond acceptors (Lipinski definition) is 2. The van der Waals surface area contributed by atoms with E-state index in [1.54, 1.807) is 0 Å². The van der Waals surface area contributed by atoms with E-state index in [1.165, 1.54) is 28.5 Å². The summed E-state index contributed by atoms with van der Waals surface area (Å²) >= 11 is 1.21. The van der Waals surface area contributed by atoms with Gasteiger partial charge in [0, 0.05) is 4.90 Å². The molecular weight excluding hydrogens is 226 g/mol. The van der Waals surface area contributed by atoms with Gasteiger partial charge in [0.25, 0.3) is 0 Å². The van der Waals surface area contributed by atoms with Crippen LogP contribution in [-0.2, 0) is 0 Å². The van der Waals surface area contributed by atoms with E-state index >= 15 is 0 Å². The van der Waals surface area contributed by atoms with Crippen molar-refractivity contribution in [1.29, 1.82) is 5.26 Å². The summed E-state index contributed by atoms with van der Waals surface area (Å²) in [4.78, 5) is 1.03. The zero-order valence-electron chi connectivity index (χ0n) is 9.90. The second kappa shape index (κ2) is 5.07. The minimum absolute atomic E-state index is 1.03. The molecule has 0 amide bonds. The number of hydrogen-bond donors (Lipinski definition) is 0. The zero-order valence-corrected chi connectivity index (χ0v) is 10.7. The molecule has 0 fully saturated rings. The minimum atomic E-state index is 1.03. The van der Waals surface area contributed by atoms with Gasteiger partial charge in [-0.3, -0.25) is 0 Å². The Bertz CT molecular complexity index is 564. The van der Waals surface area contributed by atoms with E-state index in [1.807, 2.05) is 13.0 Å². The molecule has 0 saturated heterocycles. The van der Waals surface area contributed by atoms with Crippen molar-refractivity contribution in [2.24, 2.45) is 0 Å². The van der Waals surface area contributed by atoms with Gasteiger partial charge in [0.05, 0.1) is 0 Å². The molecule has 0 heterocycles. The number of aryl methyl sites for hydroxylation is 2. The molecular formula is C15H13NS. The average molecular weight is 239 g/mol. The van der Waals surface area contributed by atoms with E-state index in [9.17, 15) is 0 Å². The zero-order chi connectivity index (χ0) is 12.3. The molecule has 0 bridgehead atoms. The van der Waals surface area contributed by atoms with E-state index < -0.39 is 0 Å². The fraction of sp³-hybridized carbons (Fsp3) is 0.133. The summed E-state index contributed by atoms with van der Waals surface area (Å²) in [6.45, 7) is 4.12. The Morgan fingerprint density at radius 2 is 1.59 bits per heavy atom. The topological polar surface area (TPSA) is 23.8 Å². The van der Waals surface area contributed by atoms with Gasteiger partial charge in [-0.2, -0.15) is 5.26 Å². The van der Waals surface area contributed by atoms with Crippen molar-refractivity contribution in [3.8, 4) is 16.5 Å². The van der Waals surface area contributed by atoms with Crippen molar-refractivity contribution in [2.45, 2.75) is 18.7 Å². The highest BCUT2D eigenvalue weighted by Gasteiger charge is 2.02. The summed E-state index contributed by atoms with van der Waals surface area (Å²) in [5.41, 5.74) is 4.83. The predicted octanol–water partition coefficient (Wildman–Crippen LogP) is 4.54. The first kappa shape index (κ1) is 11.8. The van der Waals surface area contributed by atoms with E-state index in [0.29, 0.717) is 0 Å². The molecule has 0 aliphatic carbocycles. The summed E-state index contributed by atoms with van der Waals surface area (Å²) in [6.07, 6.45) is 0. The first-order valence-electron chi connectivity index (χ1n) is 5.44.